The van der Waals surface area contributed by atoms with Gasteiger partial charge in [0.2, 0.25) is 0 Å². The van der Waals surface area contributed by atoms with E-state index in [9.17, 15) is 18.0 Å². The average Bonchev–Trinajstić information content (AvgIpc) is 2.40. The lowest BCUT2D eigenvalue weighted by molar-refractivity contribution is -0.137. The maximum atomic E-state index is 12.4. The van der Waals surface area contributed by atoms with E-state index in [2.05, 4.69) is 0 Å². The lowest BCUT2D eigenvalue weighted by atomic mass is 10.0. The third kappa shape index (κ3) is 3.22. The monoisotopic (exact) mass is 289 g/mol. The molecule has 0 radical (unpaired) electrons. The van der Waals surface area contributed by atoms with Crippen molar-refractivity contribution in [3.05, 3.63) is 35.4 Å². The molecule has 0 bridgehead atoms. The molecule has 0 spiro atoms. The first-order valence-electron chi connectivity index (χ1n) is 6.15. The average molecular weight is 289 g/mol. The molecule has 0 saturated carbocycles. The van der Waals surface area contributed by atoms with Gasteiger partial charge in [-0.05, 0) is 17.7 Å². The Bertz CT molecular complexity index is 473. The molecule has 1 aromatic rings. The van der Waals surface area contributed by atoms with Crippen molar-refractivity contribution in [2.24, 2.45) is 0 Å². The fourth-order valence-corrected chi connectivity index (χ4v) is 2.06. The molecule has 20 heavy (non-hydrogen) atoms. The number of amides is 1. The first-order chi connectivity index (χ1) is 9.41. The molecule has 0 aromatic heterocycles. The van der Waals surface area contributed by atoms with Crippen molar-refractivity contribution in [3.8, 4) is 0 Å². The Morgan fingerprint density at radius 2 is 1.95 bits per heavy atom. The van der Waals surface area contributed by atoms with Crippen LogP contribution in [0, 0.1) is 0 Å². The summed E-state index contributed by atoms with van der Waals surface area (Å²) in [6.07, 6.45) is -4.99. The molecule has 7 heteroatoms. The molecule has 1 amide bonds. The Morgan fingerprint density at radius 1 is 1.30 bits per heavy atom. The fourth-order valence-electron chi connectivity index (χ4n) is 2.06. The number of alkyl halides is 3. The number of carbonyl (C=O) groups excluding carboxylic acids is 1. The van der Waals surface area contributed by atoms with Crippen LogP contribution in [0.2, 0.25) is 0 Å². The predicted molar refractivity (Wildman–Crippen MR) is 63.9 cm³/mol. The van der Waals surface area contributed by atoms with Crippen LogP contribution in [0.3, 0.4) is 0 Å². The van der Waals surface area contributed by atoms with Gasteiger partial charge in [0, 0.05) is 19.5 Å². The zero-order chi connectivity index (χ0) is 14.8. The number of hydrogen-bond acceptors (Lipinski definition) is 3. The SMILES string of the molecule is O=C1OC(c2ccc(C(F)(F)F)cc2)CCN1CCO. The van der Waals surface area contributed by atoms with Crippen LogP contribution in [-0.4, -0.2) is 35.8 Å². The number of nitrogens with zero attached hydrogens (tertiary/aromatic N) is 1. The van der Waals surface area contributed by atoms with Crippen LogP contribution in [0.15, 0.2) is 24.3 Å². The minimum absolute atomic E-state index is 0.153. The van der Waals surface area contributed by atoms with Gasteiger partial charge in [-0.15, -0.1) is 0 Å². The van der Waals surface area contributed by atoms with Crippen molar-refractivity contribution in [1.82, 2.24) is 4.90 Å². The molecule has 1 aliphatic heterocycles. The highest BCUT2D eigenvalue weighted by atomic mass is 19.4. The van der Waals surface area contributed by atoms with Gasteiger partial charge < -0.3 is 14.7 Å². The van der Waals surface area contributed by atoms with Crippen LogP contribution in [-0.2, 0) is 10.9 Å². The van der Waals surface area contributed by atoms with E-state index < -0.39 is 23.9 Å². The lowest BCUT2D eigenvalue weighted by Crippen LogP contribution is -2.40. The Kier molecular flexibility index (Phi) is 4.17. The highest BCUT2D eigenvalue weighted by molar-refractivity contribution is 5.68. The van der Waals surface area contributed by atoms with Gasteiger partial charge in [0.25, 0.3) is 0 Å². The molecule has 1 heterocycles. The Balaban J connectivity index is 2.05. The van der Waals surface area contributed by atoms with Crippen molar-refractivity contribution in [2.75, 3.05) is 19.7 Å². The van der Waals surface area contributed by atoms with Crippen LogP contribution in [0.4, 0.5) is 18.0 Å². The zero-order valence-electron chi connectivity index (χ0n) is 10.6. The molecule has 1 N–H and O–H groups in total. The van der Waals surface area contributed by atoms with E-state index in [0.29, 0.717) is 18.5 Å². The molecule has 110 valence electrons. The number of aliphatic hydroxyl groups is 1. The number of β-amino-alcohol motifs (C(OH)–C–C–N with tert-alkyl or cyclic N) is 1. The normalized spacial score (nSPS) is 19.9. The second-order valence-corrected chi connectivity index (χ2v) is 4.49. The van der Waals surface area contributed by atoms with Crippen molar-refractivity contribution in [3.63, 3.8) is 0 Å². The van der Waals surface area contributed by atoms with Gasteiger partial charge in [-0.25, -0.2) is 4.79 Å². The molecule has 1 saturated heterocycles. The molecule has 1 fully saturated rings. The van der Waals surface area contributed by atoms with E-state index >= 15 is 0 Å². The van der Waals surface area contributed by atoms with E-state index in [-0.39, 0.29) is 13.2 Å². The van der Waals surface area contributed by atoms with Crippen LogP contribution in [0.1, 0.15) is 23.7 Å². The van der Waals surface area contributed by atoms with Gasteiger partial charge in [-0.2, -0.15) is 13.2 Å². The third-order valence-electron chi connectivity index (χ3n) is 3.14. The summed E-state index contributed by atoms with van der Waals surface area (Å²) >= 11 is 0. The standard InChI is InChI=1S/C13H14F3NO3/c14-13(15,16)10-3-1-9(2-4-10)11-5-6-17(7-8-18)12(19)20-11/h1-4,11,18H,5-8H2. The van der Waals surface area contributed by atoms with Gasteiger partial charge in [-0.1, -0.05) is 12.1 Å². The fraction of sp³-hybridized carbons (Fsp3) is 0.462. The Hall–Kier alpha value is -1.76. The highest BCUT2D eigenvalue weighted by Gasteiger charge is 2.31. The minimum atomic E-state index is -4.38. The summed E-state index contributed by atoms with van der Waals surface area (Å²) in [5, 5.41) is 8.77. The van der Waals surface area contributed by atoms with Crippen molar-refractivity contribution in [1.29, 1.82) is 0 Å². The third-order valence-corrected chi connectivity index (χ3v) is 3.14. The number of halogens is 3. The summed E-state index contributed by atoms with van der Waals surface area (Å²) in [6, 6.07) is 4.59. The number of ether oxygens (including phenoxy) is 1. The van der Waals surface area contributed by atoms with E-state index in [4.69, 9.17) is 9.84 Å². The number of hydrogen-bond donors (Lipinski definition) is 1. The smallest absolute Gasteiger partial charge is 0.416 e. The molecular formula is C13H14F3NO3. The maximum absolute atomic E-state index is 12.4. The van der Waals surface area contributed by atoms with Crippen molar-refractivity contribution in [2.45, 2.75) is 18.7 Å². The molecule has 2 rings (SSSR count). The van der Waals surface area contributed by atoms with Crippen LogP contribution < -0.4 is 0 Å². The minimum Gasteiger partial charge on any atom is -0.441 e. The van der Waals surface area contributed by atoms with E-state index in [1.54, 1.807) is 0 Å². The summed E-state index contributed by atoms with van der Waals surface area (Å²) in [5.74, 6) is 0. The predicted octanol–water partition coefficient (Wildman–Crippen LogP) is 2.58. The van der Waals surface area contributed by atoms with Crippen LogP contribution in [0.5, 0.6) is 0 Å². The molecule has 1 aromatic carbocycles. The lowest BCUT2D eigenvalue weighted by Gasteiger charge is -2.31. The number of benzene rings is 1. The van der Waals surface area contributed by atoms with Crippen LogP contribution >= 0.6 is 0 Å². The number of cyclic esters (lactones) is 1. The first-order valence-corrected chi connectivity index (χ1v) is 6.15. The van der Waals surface area contributed by atoms with Gasteiger partial charge >= 0.3 is 12.3 Å². The highest BCUT2D eigenvalue weighted by Crippen LogP contribution is 2.32. The summed E-state index contributed by atoms with van der Waals surface area (Å²) < 4.78 is 42.5. The quantitative estimate of drug-likeness (QED) is 0.930. The van der Waals surface area contributed by atoms with Gasteiger partial charge in [-0.3, -0.25) is 0 Å². The van der Waals surface area contributed by atoms with Gasteiger partial charge in [0.05, 0.1) is 12.2 Å². The molecule has 1 unspecified atom stereocenters. The van der Waals surface area contributed by atoms with Gasteiger partial charge in [0.1, 0.15) is 6.10 Å². The summed E-state index contributed by atoms with van der Waals surface area (Å²) in [6.45, 7) is 0.448. The maximum Gasteiger partial charge on any atom is 0.416 e. The summed E-state index contributed by atoms with van der Waals surface area (Å²) in [5.41, 5.74) is -0.194. The van der Waals surface area contributed by atoms with Crippen LogP contribution in [0.25, 0.3) is 0 Å². The largest absolute Gasteiger partial charge is 0.441 e. The zero-order valence-corrected chi connectivity index (χ0v) is 10.6. The Labute approximate surface area is 113 Å². The number of rotatable bonds is 3. The molecular weight excluding hydrogens is 275 g/mol. The molecule has 1 atom stereocenters. The summed E-state index contributed by atoms with van der Waals surface area (Å²) in [4.78, 5) is 13.0. The van der Waals surface area contributed by atoms with E-state index in [1.807, 2.05) is 0 Å². The van der Waals surface area contributed by atoms with E-state index in [1.165, 1.54) is 17.0 Å². The molecule has 0 aliphatic carbocycles. The summed E-state index contributed by atoms with van der Waals surface area (Å²) in [7, 11) is 0. The van der Waals surface area contributed by atoms with Crippen molar-refractivity contribution >= 4 is 6.09 Å². The molecule has 1 aliphatic rings. The second kappa shape index (κ2) is 5.70. The second-order valence-electron chi connectivity index (χ2n) is 4.49. The Morgan fingerprint density at radius 3 is 2.45 bits per heavy atom. The number of carbonyl (C=O) groups is 1. The topological polar surface area (TPSA) is 49.8 Å². The van der Waals surface area contributed by atoms with E-state index in [0.717, 1.165) is 12.1 Å². The van der Waals surface area contributed by atoms with Gasteiger partial charge in [0.15, 0.2) is 0 Å². The molecule has 4 nitrogen and oxygen atoms in total. The number of aliphatic hydroxyl groups excluding tert-OH is 1. The van der Waals surface area contributed by atoms with Crippen molar-refractivity contribution < 1.29 is 27.8 Å². The first kappa shape index (κ1) is 14.6.